The van der Waals surface area contributed by atoms with Crippen LogP contribution in [0, 0.1) is 5.82 Å². The molecule has 0 saturated carbocycles. The fourth-order valence-electron chi connectivity index (χ4n) is 1.09. The molecule has 0 unspecified atom stereocenters. The summed E-state index contributed by atoms with van der Waals surface area (Å²) >= 11 is 14.5. The van der Waals surface area contributed by atoms with Crippen molar-refractivity contribution in [3.63, 3.8) is 0 Å². The third-order valence-corrected chi connectivity index (χ3v) is 2.71. The molecule has 2 rings (SSSR count). The molecule has 0 aliphatic carbocycles. The Kier molecular flexibility index (Phi) is 3.76. The molecule has 0 bridgehead atoms. The van der Waals surface area contributed by atoms with E-state index in [1.165, 1.54) is 12.1 Å². The van der Waals surface area contributed by atoms with Crippen LogP contribution in [0.15, 0.2) is 22.7 Å². The van der Waals surface area contributed by atoms with E-state index in [9.17, 15) is 4.39 Å². The number of hydrogen-bond acceptors (Lipinski definition) is 4. The standard InChI is InChI=1S/C9H4BrCl2FN4/c10-4-1-2-6(5(13)3-4)14-8-7(11)16-17-9(12)15-8/h1-3H,(H,14,15,17). The molecule has 0 aliphatic heterocycles. The van der Waals surface area contributed by atoms with Gasteiger partial charge in [-0.1, -0.05) is 27.5 Å². The summed E-state index contributed by atoms with van der Waals surface area (Å²) in [6.45, 7) is 0. The SMILES string of the molecule is Fc1cc(Br)ccc1Nc1nc(Cl)nnc1Cl. The second-order valence-corrected chi connectivity index (χ2v) is 4.58. The molecule has 88 valence electrons. The minimum Gasteiger partial charge on any atom is -0.335 e. The summed E-state index contributed by atoms with van der Waals surface area (Å²) in [5.41, 5.74) is 0.215. The lowest BCUT2D eigenvalue weighted by Crippen LogP contribution is -2.00. The second-order valence-electron chi connectivity index (χ2n) is 2.97. The molecule has 1 heterocycles. The molecular formula is C9H4BrCl2FN4. The monoisotopic (exact) mass is 336 g/mol. The van der Waals surface area contributed by atoms with Gasteiger partial charge in [0.25, 0.3) is 0 Å². The molecule has 0 amide bonds. The van der Waals surface area contributed by atoms with Crippen molar-refractivity contribution in [2.75, 3.05) is 5.32 Å². The van der Waals surface area contributed by atoms with E-state index in [1.807, 2.05) is 0 Å². The number of anilines is 2. The van der Waals surface area contributed by atoms with Crippen molar-refractivity contribution in [3.8, 4) is 0 Å². The van der Waals surface area contributed by atoms with Crippen LogP contribution in [-0.2, 0) is 0 Å². The third-order valence-electron chi connectivity index (χ3n) is 1.80. The maximum absolute atomic E-state index is 13.5. The van der Waals surface area contributed by atoms with Crippen LogP contribution in [0.4, 0.5) is 15.9 Å². The van der Waals surface area contributed by atoms with Gasteiger partial charge in [-0.3, -0.25) is 0 Å². The summed E-state index contributed by atoms with van der Waals surface area (Å²) in [7, 11) is 0. The largest absolute Gasteiger partial charge is 0.335 e. The lowest BCUT2D eigenvalue weighted by Gasteiger charge is -2.07. The molecule has 2 aromatic rings. The molecule has 0 fully saturated rings. The highest BCUT2D eigenvalue weighted by Gasteiger charge is 2.09. The van der Waals surface area contributed by atoms with Crippen molar-refractivity contribution >= 4 is 50.6 Å². The van der Waals surface area contributed by atoms with Crippen molar-refractivity contribution in [1.82, 2.24) is 15.2 Å². The van der Waals surface area contributed by atoms with Gasteiger partial charge in [0.2, 0.25) is 5.28 Å². The minimum absolute atomic E-state index is 0.0109. The van der Waals surface area contributed by atoms with Crippen molar-refractivity contribution in [1.29, 1.82) is 0 Å². The van der Waals surface area contributed by atoms with Crippen LogP contribution in [0.1, 0.15) is 0 Å². The van der Waals surface area contributed by atoms with Crippen LogP contribution in [0.3, 0.4) is 0 Å². The zero-order valence-electron chi connectivity index (χ0n) is 8.09. The molecule has 1 aromatic heterocycles. The first-order valence-electron chi connectivity index (χ1n) is 4.34. The molecule has 0 saturated heterocycles. The Bertz CT molecular complexity index is 567. The molecule has 17 heavy (non-hydrogen) atoms. The van der Waals surface area contributed by atoms with E-state index in [2.05, 4.69) is 36.4 Å². The lowest BCUT2D eigenvalue weighted by atomic mass is 10.3. The van der Waals surface area contributed by atoms with Gasteiger partial charge in [-0.2, -0.15) is 4.98 Å². The molecule has 0 radical (unpaired) electrons. The van der Waals surface area contributed by atoms with Crippen molar-refractivity contribution in [3.05, 3.63) is 38.9 Å². The number of hydrogen-bond donors (Lipinski definition) is 1. The average Bonchev–Trinajstić information content (AvgIpc) is 2.27. The topological polar surface area (TPSA) is 50.7 Å². The molecular weight excluding hydrogens is 334 g/mol. The van der Waals surface area contributed by atoms with Crippen LogP contribution >= 0.6 is 39.1 Å². The quantitative estimate of drug-likeness (QED) is 0.905. The van der Waals surface area contributed by atoms with E-state index in [0.717, 1.165) is 0 Å². The van der Waals surface area contributed by atoms with Gasteiger partial charge in [-0.15, -0.1) is 10.2 Å². The Morgan fingerprint density at radius 2 is 2.00 bits per heavy atom. The summed E-state index contributed by atoms with van der Waals surface area (Å²) in [6.07, 6.45) is 0. The first-order valence-corrected chi connectivity index (χ1v) is 5.89. The van der Waals surface area contributed by atoms with E-state index in [-0.39, 0.29) is 21.9 Å². The number of halogens is 4. The lowest BCUT2D eigenvalue weighted by molar-refractivity contribution is 0.631. The highest BCUT2D eigenvalue weighted by Crippen LogP contribution is 2.25. The van der Waals surface area contributed by atoms with Gasteiger partial charge >= 0.3 is 0 Å². The van der Waals surface area contributed by atoms with Gasteiger partial charge in [0.05, 0.1) is 5.69 Å². The smallest absolute Gasteiger partial charge is 0.245 e. The predicted molar refractivity (Wildman–Crippen MR) is 67.2 cm³/mol. The summed E-state index contributed by atoms with van der Waals surface area (Å²) in [5.74, 6) is -0.307. The van der Waals surface area contributed by atoms with Crippen LogP contribution in [0.25, 0.3) is 0 Å². The number of benzene rings is 1. The predicted octanol–water partition coefficient (Wildman–Crippen LogP) is 3.82. The number of aromatic nitrogens is 3. The fourth-order valence-corrected chi connectivity index (χ4v) is 1.67. The Labute approximate surface area is 114 Å². The van der Waals surface area contributed by atoms with Crippen molar-refractivity contribution in [2.45, 2.75) is 0 Å². The Hall–Kier alpha value is -0.980. The number of rotatable bonds is 2. The van der Waals surface area contributed by atoms with Gasteiger partial charge in [0.1, 0.15) is 5.82 Å². The van der Waals surface area contributed by atoms with Crippen LogP contribution in [0.5, 0.6) is 0 Å². The fraction of sp³-hybridized carbons (Fsp3) is 0. The normalized spacial score (nSPS) is 10.4. The molecule has 8 heteroatoms. The van der Waals surface area contributed by atoms with E-state index in [1.54, 1.807) is 6.07 Å². The van der Waals surface area contributed by atoms with E-state index in [0.29, 0.717) is 4.47 Å². The molecule has 0 atom stereocenters. The molecule has 0 spiro atoms. The zero-order valence-corrected chi connectivity index (χ0v) is 11.2. The van der Waals surface area contributed by atoms with E-state index < -0.39 is 5.82 Å². The third kappa shape index (κ3) is 3.02. The summed E-state index contributed by atoms with van der Waals surface area (Å²) in [5, 5.41) is 9.62. The maximum atomic E-state index is 13.5. The maximum Gasteiger partial charge on any atom is 0.245 e. The molecule has 1 aromatic carbocycles. The van der Waals surface area contributed by atoms with Crippen LogP contribution in [0.2, 0.25) is 10.4 Å². The van der Waals surface area contributed by atoms with Crippen molar-refractivity contribution in [2.24, 2.45) is 0 Å². The molecule has 4 nitrogen and oxygen atoms in total. The Balaban J connectivity index is 2.34. The van der Waals surface area contributed by atoms with Crippen molar-refractivity contribution < 1.29 is 4.39 Å². The van der Waals surface area contributed by atoms with Gasteiger partial charge in [0, 0.05) is 4.47 Å². The molecule has 0 aliphatic rings. The number of nitrogens with one attached hydrogen (secondary N) is 1. The van der Waals surface area contributed by atoms with E-state index in [4.69, 9.17) is 23.2 Å². The zero-order chi connectivity index (χ0) is 12.4. The van der Waals surface area contributed by atoms with Gasteiger partial charge in [-0.25, -0.2) is 4.39 Å². The number of nitrogens with zero attached hydrogens (tertiary/aromatic N) is 3. The first-order chi connectivity index (χ1) is 8.06. The Morgan fingerprint density at radius 3 is 2.71 bits per heavy atom. The average molecular weight is 338 g/mol. The van der Waals surface area contributed by atoms with E-state index >= 15 is 0 Å². The minimum atomic E-state index is -0.454. The second kappa shape index (κ2) is 5.12. The van der Waals surface area contributed by atoms with Gasteiger partial charge in [-0.05, 0) is 29.8 Å². The van der Waals surface area contributed by atoms with Gasteiger partial charge < -0.3 is 5.32 Å². The highest BCUT2D eigenvalue weighted by molar-refractivity contribution is 9.10. The molecule has 1 N–H and O–H groups in total. The summed E-state index contributed by atoms with van der Waals surface area (Å²) in [6, 6.07) is 4.52. The summed E-state index contributed by atoms with van der Waals surface area (Å²) < 4.78 is 14.2. The van der Waals surface area contributed by atoms with Crippen LogP contribution < -0.4 is 5.32 Å². The first kappa shape index (κ1) is 12.5. The van der Waals surface area contributed by atoms with Crippen LogP contribution in [-0.4, -0.2) is 15.2 Å². The highest BCUT2D eigenvalue weighted by atomic mass is 79.9. The Morgan fingerprint density at radius 1 is 1.24 bits per heavy atom. The summed E-state index contributed by atoms with van der Waals surface area (Å²) in [4.78, 5) is 3.80. The van der Waals surface area contributed by atoms with Gasteiger partial charge in [0.15, 0.2) is 11.0 Å².